The van der Waals surface area contributed by atoms with E-state index in [4.69, 9.17) is 21.1 Å². The van der Waals surface area contributed by atoms with Crippen molar-refractivity contribution in [3.05, 3.63) is 29.8 Å². The Morgan fingerprint density at radius 3 is 2.66 bits per heavy atom. The molecule has 0 aliphatic carbocycles. The van der Waals surface area contributed by atoms with Crippen LogP contribution in [0.2, 0.25) is 0 Å². The Labute approximate surface area is 232 Å². The molecule has 1 aromatic carbocycles. The highest BCUT2D eigenvalue weighted by molar-refractivity contribution is 7.99. The predicted molar refractivity (Wildman–Crippen MR) is 144 cm³/mol. The lowest BCUT2D eigenvalue weighted by Crippen LogP contribution is -2.65. The van der Waals surface area contributed by atoms with Gasteiger partial charge < -0.3 is 40.5 Å². The number of alkyl halides is 1. The summed E-state index contributed by atoms with van der Waals surface area (Å²) in [5, 5.41) is 47.0. The van der Waals surface area contributed by atoms with Gasteiger partial charge in [-0.15, -0.1) is 23.4 Å². The summed E-state index contributed by atoms with van der Waals surface area (Å²) in [6.07, 6.45) is -1.55. The number of carbonyl (C=O) groups excluding carboxylic acids is 2. The number of unbranched alkanes of at least 4 members (excludes halogenated alkanes) is 1. The van der Waals surface area contributed by atoms with E-state index in [1.165, 1.54) is 12.1 Å². The SMILES string of the molecule is CCCC[C@H]1CN[C@H](C(=O)N[C@@H]([C@H]2O[C@H](SCCOC(=O)c3ccccc3O)[C@H](O)[C@@H](O)[C@H]2O)[C@H](C)Cl)C1. The molecule has 0 aromatic heterocycles. The molecule has 0 bridgehead atoms. The Kier molecular flexibility index (Phi) is 12.0. The number of halogens is 1. The zero-order valence-corrected chi connectivity index (χ0v) is 23.2. The number of aliphatic hydroxyl groups excluding tert-OH is 3. The first-order chi connectivity index (χ1) is 18.1. The summed E-state index contributed by atoms with van der Waals surface area (Å²) in [5.74, 6) is -0.512. The van der Waals surface area contributed by atoms with Gasteiger partial charge in [-0.3, -0.25) is 4.79 Å². The van der Waals surface area contributed by atoms with E-state index in [-0.39, 0.29) is 35.6 Å². The third-order valence-corrected chi connectivity index (χ3v) is 8.38. The standard InChI is InChI=1S/C26H39ClN2O8S/c1-3-4-7-15-12-17(28-13-15)24(34)29-19(14(2)27)23-21(32)20(31)22(33)26(37-23)38-11-10-36-25(35)16-8-5-6-9-18(16)30/h5-6,8-9,14-15,17,19-23,26,28,30-33H,3-4,7,10-13H2,1-2H3,(H,29,34)/t14-,15+,17-,19+,20-,21+,22+,23+,26+/m0/s1. The first-order valence-corrected chi connectivity index (χ1v) is 14.6. The fourth-order valence-electron chi connectivity index (χ4n) is 4.78. The molecule has 0 spiro atoms. The van der Waals surface area contributed by atoms with Gasteiger partial charge in [0.2, 0.25) is 5.91 Å². The van der Waals surface area contributed by atoms with Crippen molar-refractivity contribution >= 4 is 35.2 Å². The highest BCUT2D eigenvalue weighted by Gasteiger charge is 2.48. The van der Waals surface area contributed by atoms with Crippen molar-refractivity contribution in [3.63, 3.8) is 0 Å². The molecular weight excluding hydrogens is 536 g/mol. The van der Waals surface area contributed by atoms with Gasteiger partial charge in [-0.2, -0.15) is 0 Å². The van der Waals surface area contributed by atoms with Crippen LogP contribution >= 0.6 is 23.4 Å². The van der Waals surface area contributed by atoms with E-state index in [0.29, 0.717) is 12.3 Å². The zero-order valence-electron chi connectivity index (χ0n) is 21.7. The Morgan fingerprint density at radius 1 is 1.24 bits per heavy atom. The molecule has 3 rings (SSSR count). The first kappa shape index (κ1) is 30.9. The van der Waals surface area contributed by atoms with Crippen LogP contribution < -0.4 is 10.6 Å². The maximum atomic E-state index is 13.0. The molecule has 1 amide bonds. The minimum absolute atomic E-state index is 0.0354. The van der Waals surface area contributed by atoms with Crippen LogP contribution in [-0.2, 0) is 14.3 Å². The van der Waals surface area contributed by atoms with Gasteiger partial charge in [-0.05, 0) is 44.4 Å². The number of esters is 1. The van der Waals surface area contributed by atoms with E-state index in [9.17, 15) is 30.0 Å². The maximum absolute atomic E-state index is 13.0. The number of rotatable bonds is 12. The largest absolute Gasteiger partial charge is 0.507 e. The van der Waals surface area contributed by atoms with Crippen LogP contribution in [0.25, 0.3) is 0 Å². The van der Waals surface area contributed by atoms with E-state index in [1.807, 2.05) is 0 Å². The van der Waals surface area contributed by atoms with Gasteiger partial charge in [-0.1, -0.05) is 31.9 Å². The molecule has 2 aliphatic rings. The minimum Gasteiger partial charge on any atom is -0.507 e. The molecule has 214 valence electrons. The molecule has 2 saturated heterocycles. The lowest BCUT2D eigenvalue weighted by Gasteiger charge is -2.44. The van der Waals surface area contributed by atoms with Crippen molar-refractivity contribution < 1.29 is 39.5 Å². The van der Waals surface area contributed by atoms with Gasteiger partial charge in [-0.25, -0.2) is 4.79 Å². The molecule has 38 heavy (non-hydrogen) atoms. The summed E-state index contributed by atoms with van der Waals surface area (Å²) in [6, 6.07) is 4.80. The summed E-state index contributed by atoms with van der Waals surface area (Å²) in [7, 11) is 0. The number of ether oxygens (including phenoxy) is 2. The van der Waals surface area contributed by atoms with Gasteiger partial charge in [0, 0.05) is 5.75 Å². The number of para-hydroxylation sites is 1. The fourth-order valence-corrected chi connectivity index (χ4v) is 5.96. The summed E-state index contributed by atoms with van der Waals surface area (Å²) < 4.78 is 11.1. The van der Waals surface area contributed by atoms with Crippen LogP contribution in [0.5, 0.6) is 5.75 Å². The molecule has 9 atom stereocenters. The van der Waals surface area contributed by atoms with Crippen molar-refractivity contribution in [1.29, 1.82) is 0 Å². The van der Waals surface area contributed by atoms with Gasteiger partial charge in [0.15, 0.2) is 0 Å². The molecule has 2 fully saturated rings. The van der Waals surface area contributed by atoms with Gasteiger partial charge >= 0.3 is 5.97 Å². The number of carbonyl (C=O) groups is 2. The number of aromatic hydroxyl groups is 1. The van der Waals surface area contributed by atoms with Crippen molar-refractivity contribution in [2.45, 2.75) is 86.8 Å². The van der Waals surface area contributed by atoms with E-state index >= 15 is 0 Å². The number of benzene rings is 1. The van der Waals surface area contributed by atoms with Gasteiger partial charge in [0.05, 0.1) is 17.5 Å². The van der Waals surface area contributed by atoms with Crippen molar-refractivity contribution in [1.82, 2.24) is 10.6 Å². The predicted octanol–water partition coefficient (Wildman–Crippen LogP) is 1.37. The highest BCUT2D eigenvalue weighted by atomic mass is 35.5. The van der Waals surface area contributed by atoms with E-state index < -0.39 is 47.2 Å². The summed E-state index contributed by atoms with van der Waals surface area (Å²) >= 11 is 7.49. The quantitative estimate of drug-likeness (QED) is 0.122. The zero-order chi connectivity index (χ0) is 27.8. The lowest BCUT2D eigenvalue weighted by atomic mass is 9.92. The summed E-state index contributed by atoms with van der Waals surface area (Å²) in [6.45, 7) is 4.51. The third-order valence-electron chi connectivity index (χ3n) is 6.99. The van der Waals surface area contributed by atoms with E-state index in [1.54, 1.807) is 19.1 Å². The van der Waals surface area contributed by atoms with Crippen LogP contribution in [-0.4, -0.2) is 98.5 Å². The number of hydrogen-bond acceptors (Lipinski definition) is 10. The second-order valence-corrected chi connectivity index (χ2v) is 11.8. The molecule has 1 aromatic rings. The molecule has 0 radical (unpaired) electrons. The molecular formula is C26H39ClN2O8S. The lowest BCUT2D eigenvalue weighted by molar-refractivity contribution is -0.205. The van der Waals surface area contributed by atoms with Crippen LogP contribution in [0.3, 0.4) is 0 Å². The molecule has 6 N–H and O–H groups in total. The molecule has 2 heterocycles. The van der Waals surface area contributed by atoms with E-state index in [2.05, 4.69) is 17.6 Å². The number of hydrogen-bond donors (Lipinski definition) is 6. The number of thioether (sulfide) groups is 1. The molecule has 2 aliphatic heterocycles. The van der Waals surface area contributed by atoms with Crippen molar-refractivity contribution in [2.75, 3.05) is 18.9 Å². The fraction of sp³-hybridized carbons (Fsp3) is 0.692. The molecule has 12 heteroatoms. The topological polar surface area (TPSA) is 158 Å². The van der Waals surface area contributed by atoms with Crippen LogP contribution in [0.15, 0.2) is 24.3 Å². The number of amides is 1. The summed E-state index contributed by atoms with van der Waals surface area (Å²) in [4.78, 5) is 25.2. The minimum atomic E-state index is -1.53. The van der Waals surface area contributed by atoms with Crippen LogP contribution in [0.1, 0.15) is 49.9 Å². The molecule has 0 saturated carbocycles. The van der Waals surface area contributed by atoms with Gasteiger partial charge in [0.25, 0.3) is 0 Å². The average molecular weight is 575 g/mol. The average Bonchev–Trinajstić information content (AvgIpc) is 3.37. The first-order valence-electron chi connectivity index (χ1n) is 13.1. The van der Waals surface area contributed by atoms with Crippen molar-refractivity contribution in [3.8, 4) is 5.75 Å². The second kappa shape index (κ2) is 14.7. The number of aliphatic hydroxyl groups is 3. The summed E-state index contributed by atoms with van der Waals surface area (Å²) in [5.41, 5.74) is -0.937. The third kappa shape index (κ3) is 7.97. The van der Waals surface area contributed by atoms with Gasteiger partial charge in [0.1, 0.15) is 47.8 Å². The van der Waals surface area contributed by atoms with Crippen molar-refractivity contribution in [2.24, 2.45) is 5.92 Å². The smallest absolute Gasteiger partial charge is 0.341 e. The Morgan fingerprint density at radius 2 is 1.97 bits per heavy atom. The Balaban J connectivity index is 1.56. The second-order valence-electron chi connectivity index (χ2n) is 9.88. The normalized spacial score (nSPS) is 30.9. The number of phenolic OH excluding ortho intramolecular Hbond substituents is 1. The van der Waals surface area contributed by atoms with Crippen LogP contribution in [0.4, 0.5) is 0 Å². The number of nitrogens with one attached hydrogen (secondary N) is 2. The Bertz CT molecular complexity index is 925. The maximum Gasteiger partial charge on any atom is 0.341 e. The monoisotopic (exact) mass is 574 g/mol. The van der Waals surface area contributed by atoms with E-state index in [0.717, 1.165) is 37.6 Å². The molecule has 0 unspecified atom stereocenters. The number of phenols is 1. The molecule has 10 nitrogen and oxygen atoms in total. The Hall–Kier alpha value is -1.60. The highest BCUT2D eigenvalue weighted by Crippen LogP contribution is 2.32. The van der Waals surface area contributed by atoms with Crippen LogP contribution in [0, 0.1) is 5.92 Å².